The number of hydrogen-bond donors (Lipinski definition) is 3. The van der Waals surface area contributed by atoms with Crippen molar-refractivity contribution in [1.82, 2.24) is 4.90 Å². The lowest BCUT2D eigenvalue weighted by Gasteiger charge is -2.34. The van der Waals surface area contributed by atoms with Crippen LogP contribution in [0.25, 0.3) is 0 Å². The molecule has 2 aromatic rings. The van der Waals surface area contributed by atoms with E-state index in [1.54, 1.807) is 36.4 Å². The number of primary amides is 1. The average Bonchev–Trinajstić information content (AvgIpc) is 3.28. The van der Waals surface area contributed by atoms with Crippen molar-refractivity contribution in [3.8, 4) is 0 Å². The number of benzene rings is 1. The van der Waals surface area contributed by atoms with Gasteiger partial charge in [-0.1, -0.05) is 30.3 Å². The minimum absolute atomic E-state index is 0.0506. The van der Waals surface area contributed by atoms with Gasteiger partial charge in [0.05, 0.1) is 6.26 Å². The lowest BCUT2D eigenvalue weighted by Crippen LogP contribution is -2.51. The van der Waals surface area contributed by atoms with Gasteiger partial charge in [0.2, 0.25) is 0 Å². The average molecular weight is 344 g/mol. The fraction of sp³-hybridized carbons (Fsp3) is 0.421. The van der Waals surface area contributed by atoms with E-state index >= 15 is 0 Å². The molecule has 134 valence electrons. The number of carbonyl (C=O) groups is 1. The quantitative estimate of drug-likeness (QED) is 0.707. The second-order valence-corrected chi connectivity index (χ2v) is 6.62. The first kappa shape index (κ1) is 17.7. The Bertz CT molecular complexity index is 689. The van der Waals surface area contributed by atoms with Crippen LogP contribution in [0.1, 0.15) is 36.7 Å². The molecule has 0 radical (unpaired) electrons. The van der Waals surface area contributed by atoms with Crippen molar-refractivity contribution in [2.24, 2.45) is 5.73 Å². The Balaban J connectivity index is 1.74. The van der Waals surface area contributed by atoms with Crippen LogP contribution < -0.4 is 5.73 Å². The Labute approximate surface area is 146 Å². The van der Waals surface area contributed by atoms with Crippen LogP contribution in [0.15, 0.2) is 53.1 Å². The fourth-order valence-corrected chi connectivity index (χ4v) is 3.54. The second-order valence-electron chi connectivity index (χ2n) is 6.62. The number of rotatable bonds is 7. The van der Waals surface area contributed by atoms with Crippen molar-refractivity contribution in [1.29, 1.82) is 0 Å². The molecule has 3 rings (SSSR count). The van der Waals surface area contributed by atoms with Crippen LogP contribution in [0, 0.1) is 0 Å². The smallest absolute Gasteiger partial charge is 0.255 e. The number of amides is 1. The van der Waals surface area contributed by atoms with Gasteiger partial charge in [0.1, 0.15) is 11.9 Å². The third-order valence-electron chi connectivity index (χ3n) is 4.96. The normalized spacial score (nSPS) is 21.8. The summed E-state index contributed by atoms with van der Waals surface area (Å²) in [5.74, 6) is -0.240. The van der Waals surface area contributed by atoms with E-state index in [9.17, 15) is 15.0 Å². The van der Waals surface area contributed by atoms with Gasteiger partial charge in [0.25, 0.3) is 5.91 Å². The van der Waals surface area contributed by atoms with E-state index < -0.39 is 17.6 Å². The van der Waals surface area contributed by atoms with E-state index in [1.165, 1.54) is 6.26 Å². The molecule has 1 aliphatic rings. The van der Waals surface area contributed by atoms with Gasteiger partial charge in [0.15, 0.2) is 5.60 Å². The van der Waals surface area contributed by atoms with Gasteiger partial charge in [-0.15, -0.1) is 0 Å². The Morgan fingerprint density at radius 1 is 1.32 bits per heavy atom. The molecule has 0 saturated carbocycles. The molecule has 6 nitrogen and oxygen atoms in total. The zero-order valence-electron chi connectivity index (χ0n) is 14.0. The first-order valence-corrected chi connectivity index (χ1v) is 8.54. The molecule has 0 spiro atoms. The summed E-state index contributed by atoms with van der Waals surface area (Å²) in [6.45, 7) is 0.861. The molecule has 0 aliphatic carbocycles. The SMILES string of the molecule is NC(=O)[C@](O)(CN1CCC[C@H]1C[C@H](O)c1ccco1)c1ccccc1. The van der Waals surface area contributed by atoms with Crippen LogP contribution in [0.5, 0.6) is 0 Å². The Morgan fingerprint density at radius 2 is 2.08 bits per heavy atom. The lowest BCUT2D eigenvalue weighted by atomic mass is 9.91. The maximum absolute atomic E-state index is 12.0. The predicted octanol–water partition coefficient (Wildman–Crippen LogP) is 1.54. The van der Waals surface area contributed by atoms with Crippen LogP contribution in [-0.4, -0.2) is 40.2 Å². The van der Waals surface area contributed by atoms with Crippen LogP contribution >= 0.6 is 0 Å². The molecule has 4 N–H and O–H groups in total. The van der Waals surface area contributed by atoms with Gasteiger partial charge < -0.3 is 20.4 Å². The summed E-state index contributed by atoms with van der Waals surface area (Å²) in [7, 11) is 0. The molecule has 1 aliphatic heterocycles. The standard InChI is InChI=1S/C19H24N2O4/c20-18(23)19(24,14-6-2-1-3-7-14)13-21-10-4-8-15(21)12-16(22)17-9-5-11-25-17/h1-3,5-7,9,11,15-16,22,24H,4,8,10,12-13H2,(H2,20,23)/t15-,16-,19-/m0/s1. The second kappa shape index (κ2) is 7.39. The summed E-state index contributed by atoms with van der Waals surface area (Å²) in [4.78, 5) is 14.0. The van der Waals surface area contributed by atoms with E-state index in [2.05, 4.69) is 0 Å². The van der Waals surface area contributed by atoms with Gasteiger partial charge in [-0.2, -0.15) is 0 Å². The van der Waals surface area contributed by atoms with Gasteiger partial charge in [-0.05, 0) is 43.5 Å². The Morgan fingerprint density at radius 3 is 2.72 bits per heavy atom. The fourth-order valence-electron chi connectivity index (χ4n) is 3.54. The van der Waals surface area contributed by atoms with E-state index in [-0.39, 0.29) is 12.6 Å². The Kier molecular flexibility index (Phi) is 5.22. The molecule has 0 unspecified atom stereocenters. The summed E-state index contributed by atoms with van der Waals surface area (Å²) in [6, 6.07) is 12.3. The van der Waals surface area contributed by atoms with Crippen molar-refractivity contribution in [3.05, 3.63) is 60.1 Å². The lowest BCUT2D eigenvalue weighted by molar-refractivity contribution is -0.140. The van der Waals surface area contributed by atoms with Crippen LogP contribution in [-0.2, 0) is 10.4 Å². The number of nitrogens with two attached hydrogens (primary N) is 1. The first-order chi connectivity index (χ1) is 12.0. The molecule has 2 heterocycles. The number of aliphatic hydroxyl groups is 2. The molecule has 1 fully saturated rings. The van der Waals surface area contributed by atoms with Gasteiger partial charge >= 0.3 is 0 Å². The van der Waals surface area contributed by atoms with E-state index in [0.29, 0.717) is 17.7 Å². The minimum Gasteiger partial charge on any atom is -0.467 e. The molecule has 0 bridgehead atoms. The summed E-state index contributed by atoms with van der Waals surface area (Å²) in [5.41, 5.74) is 4.26. The van der Waals surface area contributed by atoms with Crippen LogP contribution in [0.3, 0.4) is 0 Å². The molecular weight excluding hydrogens is 320 g/mol. The summed E-state index contributed by atoms with van der Waals surface area (Å²) in [6.07, 6.45) is 3.14. The zero-order chi connectivity index (χ0) is 17.9. The first-order valence-electron chi connectivity index (χ1n) is 8.54. The number of hydrogen-bond acceptors (Lipinski definition) is 5. The number of furan rings is 1. The number of β-amino-alcohol motifs (C(OH)–C–C–N with tert-alkyl or cyclic N) is 1. The van der Waals surface area contributed by atoms with Gasteiger partial charge in [0, 0.05) is 12.6 Å². The highest BCUT2D eigenvalue weighted by Crippen LogP contribution is 2.31. The van der Waals surface area contributed by atoms with Crippen molar-refractivity contribution in [3.63, 3.8) is 0 Å². The minimum atomic E-state index is -1.75. The number of carbonyl (C=O) groups excluding carboxylic acids is 1. The largest absolute Gasteiger partial charge is 0.467 e. The molecule has 1 aromatic carbocycles. The van der Waals surface area contributed by atoms with E-state index in [4.69, 9.17) is 10.2 Å². The maximum Gasteiger partial charge on any atom is 0.255 e. The number of aliphatic hydroxyl groups excluding tert-OH is 1. The van der Waals surface area contributed by atoms with E-state index in [0.717, 1.165) is 19.4 Å². The zero-order valence-corrected chi connectivity index (χ0v) is 14.0. The highest BCUT2D eigenvalue weighted by Gasteiger charge is 2.41. The monoisotopic (exact) mass is 344 g/mol. The van der Waals surface area contributed by atoms with Crippen molar-refractivity contribution in [2.75, 3.05) is 13.1 Å². The molecular formula is C19H24N2O4. The van der Waals surface area contributed by atoms with Gasteiger partial charge in [-0.25, -0.2) is 0 Å². The Hall–Kier alpha value is -2.15. The van der Waals surface area contributed by atoms with Crippen molar-refractivity contribution < 1.29 is 19.4 Å². The predicted molar refractivity (Wildman–Crippen MR) is 92.4 cm³/mol. The number of likely N-dealkylation sites (tertiary alicyclic amines) is 1. The molecule has 1 aromatic heterocycles. The molecule has 25 heavy (non-hydrogen) atoms. The molecule has 3 atom stereocenters. The van der Waals surface area contributed by atoms with Crippen LogP contribution in [0.4, 0.5) is 0 Å². The number of nitrogens with zero attached hydrogens (tertiary/aromatic N) is 1. The van der Waals surface area contributed by atoms with Gasteiger partial charge in [-0.3, -0.25) is 9.69 Å². The summed E-state index contributed by atoms with van der Waals surface area (Å²) >= 11 is 0. The highest BCUT2D eigenvalue weighted by molar-refractivity contribution is 5.85. The highest BCUT2D eigenvalue weighted by atomic mass is 16.4. The third-order valence-corrected chi connectivity index (χ3v) is 4.96. The third kappa shape index (κ3) is 3.76. The topological polar surface area (TPSA) is 99.9 Å². The maximum atomic E-state index is 12.0. The van der Waals surface area contributed by atoms with E-state index in [1.807, 2.05) is 11.0 Å². The molecule has 6 heteroatoms. The molecule has 1 amide bonds. The van der Waals surface area contributed by atoms with Crippen molar-refractivity contribution in [2.45, 2.75) is 37.0 Å². The molecule has 1 saturated heterocycles. The van der Waals surface area contributed by atoms with Crippen molar-refractivity contribution >= 4 is 5.91 Å². The van der Waals surface area contributed by atoms with Crippen LogP contribution in [0.2, 0.25) is 0 Å². The summed E-state index contributed by atoms with van der Waals surface area (Å²) < 4.78 is 5.26. The summed E-state index contributed by atoms with van der Waals surface area (Å²) in [5, 5.41) is 21.3.